The number of halogens is 1. The van der Waals surface area contributed by atoms with E-state index in [-0.39, 0.29) is 11.3 Å². The van der Waals surface area contributed by atoms with Gasteiger partial charge in [-0.05, 0) is 53.1 Å². The fourth-order valence-corrected chi connectivity index (χ4v) is 1.34. The standard InChI is InChI=1S/C12H18ClN3O3/c1-7-14-9(13)16-10(15-7)19-12(5,6)8(17)18-11(2,3)4/h1-6H3. The number of hydrogen-bond acceptors (Lipinski definition) is 6. The van der Waals surface area contributed by atoms with E-state index in [4.69, 9.17) is 21.1 Å². The van der Waals surface area contributed by atoms with Crippen LogP contribution in [-0.2, 0) is 9.53 Å². The van der Waals surface area contributed by atoms with Crippen molar-refractivity contribution in [3.05, 3.63) is 11.1 Å². The van der Waals surface area contributed by atoms with Gasteiger partial charge in [0.25, 0.3) is 0 Å². The van der Waals surface area contributed by atoms with E-state index in [9.17, 15) is 4.79 Å². The smallest absolute Gasteiger partial charge is 0.350 e. The number of aryl methyl sites for hydroxylation is 1. The normalized spacial score (nSPS) is 12.2. The molecule has 1 heterocycles. The van der Waals surface area contributed by atoms with Gasteiger partial charge in [-0.15, -0.1) is 0 Å². The molecule has 0 spiro atoms. The lowest BCUT2D eigenvalue weighted by molar-refractivity contribution is -0.171. The van der Waals surface area contributed by atoms with Gasteiger partial charge in [-0.3, -0.25) is 0 Å². The largest absolute Gasteiger partial charge is 0.457 e. The highest BCUT2D eigenvalue weighted by molar-refractivity contribution is 6.28. The highest BCUT2D eigenvalue weighted by Gasteiger charge is 2.35. The molecule has 0 aliphatic carbocycles. The van der Waals surface area contributed by atoms with Gasteiger partial charge >= 0.3 is 12.0 Å². The van der Waals surface area contributed by atoms with E-state index in [0.717, 1.165) is 0 Å². The molecule has 1 aromatic heterocycles. The van der Waals surface area contributed by atoms with Crippen LogP contribution in [0.4, 0.5) is 0 Å². The van der Waals surface area contributed by atoms with Crippen molar-refractivity contribution in [2.45, 2.75) is 52.7 Å². The van der Waals surface area contributed by atoms with Gasteiger partial charge < -0.3 is 9.47 Å². The van der Waals surface area contributed by atoms with E-state index >= 15 is 0 Å². The highest BCUT2D eigenvalue weighted by atomic mass is 35.5. The number of hydrogen-bond donors (Lipinski definition) is 0. The summed E-state index contributed by atoms with van der Waals surface area (Å²) in [7, 11) is 0. The van der Waals surface area contributed by atoms with E-state index < -0.39 is 17.2 Å². The molecule has 6 nitrogen and oxygen atoms in total. The van der Waals surface area contributed by atoms with Gasteiger partial charge in [0, 0.05) is 0 Å². The average Bonchev–Trinajstić information content (AvgIpc) is 2.11. The average molecular weight is 288 g/mol. The molecule has 0 unspecified atom stereocenters. The van der Waals surface area contributed by atoms with Crippen molar-refractivity contribution < 1.29 is 14.3 Å². The summed E-state index contributed by atoms with van der Waals surface area (Å²) < 4.78 is 10.7. The Hall–Kier alpha value is -1.43. The first-order chi connectivity index (χ1) is 8.49. The maximum Gasteiger partial charge on any atom is 0.350 e. The molecule has 0 amide bonds. The van der Waals surface area contributed by atoms with Gasteiger partial charge in [0.1, 0.15) is 11.4 Å². The van der Waals surface area contributed by atoms with Crippen LogP contribution in [0.25, 0.3) is 0 Å². The van der Waals surface area contributed by atoms with Crippen LogP contribution in [0, 0.1) is 6.92 Å². The molecule has 0 atom stereocenters. The molecule has 0 N–H and O–H groups in total. The lowest BCUT2D eigenvalue weighted by Crippen LogP contribution is -2.43. The first-order valence-electron chi connectivity index (χ1n) is 5.80. The second-order valence-corrected chi connectivity index (χ2v) is 5.89. The predicted molar refractivity (Wildman–Crippen MR) is 70.1 cm³/mol. The topological polar surface area (TPSA) is 74.2 Å². The van der Waals surface area contributed by atoms with E-state index in [1.165, 1.54) is 0 Å². The van der Waals surface area contributed by atoms with Crippen LogP contribution in [0.3, 0.4) is 0 Å². The third-order valence-electron chi connectivity index (χ3n) is 1.94. The summed E-state index contributed by atoms with van der Waals surface area (Å²) in [5, 5.41) is 0.0162. The van der Waals surface area contributed by atoms with Crippen molar-refractivity contribution in [3.63, 3.8) is 0 Å². The molecular formula is C12H18ClN3O3. The number of nitrogens with zero attached hydrogens (tertiary/aromatic N) is 3. The number of esters is 1. The molecule has 0 bridgehead atoms. The first kappa shape index (κ1) is 15.6. The Labute approximate surface area is 117 Å². The second kappa shape index (κ2) is 5.28. The summed E-state index contributed by atoms with van der Waals surface area (Å²) in [5.41, 5.74) is -1.81. The van der Waals surface area contributed by atoms with Crippen LogP contribution < -0.4 is 4.74 Å². The molecule has 0 saturated heterocycles. The van der Waals surface area contributed by atoms with Gasteiger partial charge in [-0.2, -0.15) is 9.97 Å². The molecule has 0 aliphatic heterocycles. The van der Waals surface area contributed by atoms with Crippen LogP contribution in [0.1, 0.15) is 40.4 Å². The molecular weight excluding hydrogens is 270 g/mol. The zero-order valence-corrected chi connectivity index (χ0v) is 12.7. The van der Waals surface area contributed by atoms with Crippen LogP contribution in [0.2, 0.25) is 5.28 Å². The summed E-state index contributed by atoms with van der Waals surface area (Å²) in [5.74, 6) is -0.0934. The van der Waals surface area contributed by atoms with Crippen LogP contribution in [0.15, 0.2) is 0 Å². The van der Waals surface area contributed by atoms with Gasteiger partial charge in [0.2, 0.25) is 10.9 Å². The molecule has 0 radical (unpaired) electrons. The van der Waals surface area contributed by atoms with Crippen molar-refractivity contribution in [3.8, 4) is 6.01 Å². The minimum Gasteiger partial charge on any atom is -0.457 e. The third kappa shape index (κ3) is 4.98. The van der Waals surface area contributed by atoms with E-state index in [2.05, 4.69) is 15.0 Å². The van der Waals surface area contributed by atoms with Gasteiger partial charge in [-0.1, -0.05) is 0 Å². The number of ether oxygens (including phenoxy) is 2. The summed E-state index contributed by atoms with van der Waals surface area (Å²) >= 11 is 5.71. The van der Waals surface area contributed by atoms with Crippen molar-refractivity contribution in [1.82, 2.24) is 15.0 Å². The fourth-order valence-electron chi connectivity index (χ4n) is 1.14. The minimum absolute atomic E-state index is 0.00615. The third-order valence-corrected chi connectivity index (χ3v) is 2.11. The van der Waals surface area contributed by atoms with Crippen molar-refractivity contribution in [1.29, 1.82) is 0 Å². The first-order valence-corrected chi connectivity index (χ1v) is 6.18. The zero-order valence-electron chi connectivity index (χ0n) is 11.9. The molecule has 0 aliphatic rings. The lowest BCUT2D eigenvalue weighted by atomic mass is 10.1. The van der Waals surface area contributed by atoms with Crippen LogP contribution >= 0.6 is 11.6 Å². The summed E-state index contributed by atoms with van der Waals surface area (Å²) in [4.78, 5) is 23.6. The van der Waals surface area contributed by atoms with Crippen molar-refractivity contribution >= 4 is 17.6 Å². The SMILES string of the molecule is Cc1nc(Cl)nc(OC(C)(C)C(=O)OC(C)(C)C)n1. The molecule has 0 saturated carbocycles. The summed E-state index contributed by atoms with van der Waals surface area (Å²) in [6.07, 6.45) is 0. The van der Waals surface area contributed by atoms with Gasteiger partial charge in [-0.25, -0.2) is 9.78 Å². The lowest BCUT2D eigenvalue weighted by Gasteiger charge is -2.28. The fraction of sp³-hybridized carbons (Fsp3) is 0.667. The quantitative estimate of drug-likeness (QED) is 0.794. The molecule has 7 heteroatoms. The van der Waals surface area contributed by atoms with Gasteiger partial charge in [0.15, 0.2) is 0 Å². The molecule has 0 fully saturated rings. The maximum atomic E-state index is 12.0. The summed E-state index contributed by atoms with van der Waals surface area (Å²) in [6.45, 7) is 10.2. The Morgan fingerprint density at radius 2 is 1.68 bits per heavy atom. The number of aromatic nitrogens is 3. The highest BCUT2D eigenvalue weighted by Crippen LogP contribution is 2.20. The molecule has 1 aromatic rings. The Kier molecular flexibility index (Phi) is 4.35. The van der Waals surface area contributed by atoms with Crippen LogP contribution in [-0.4, -0.2) is 32.1 Å². The Morgan fingerprint density at radius 3 is 2.16 bits per heavy atom. The minimum atomic E-state index is -1.22. The van der Waals surface area contributed by atoms with E-state index in [0.29, 0.717) is 5.82 Å². The maximum absolute atomic E-state index is 12.0. The zero-order chi connectivity index (χ0) is 14.8. The molecule has 106 valence electrons. The second-order valence-electron chi connectivity index (χ2n) is 5.55. The number of rotatable bonds is 3. The molecule has 0 aromatic carbocycles. The summed E-state index contributed by atoms with van der Waals surface area (Å²) in [6, 6.07) is -0.00615. The molecule has 1 rings (SSSR count). The van der Waals surface area contributed by atoms with E-state index in [1.54, 1.807) is 41.5 Å². The Balaban J connectivity index is 2.86. The number of carbonyl (C=O) groups is 1. The van der Waals surface area contributed by atoms with E-state index in [1.807, 2.05) is 0 Å². The van der Waals surface area contributed by atoms with Crippen molar-refractivity contribution in [2.24, 2.45) is 0 Å². The number of carbonyl (C=O) groups excluding carboxylic acids is 1. The molecule has 19 heavy (non-hydrogen) atoms. The Morgan fingerprint density at radius 1 is 1.11 bits per heavy atom. The van der Waals surface area contributed by atoms with Crippen LogP contribution in [0.5, 0.6) is 6.01 Å². The Bertz CT molecular complexity index is 463. The van der Waals surface area contributed by atoms with Gasteiger partial charge in [0.05, 0.1) is 0 Å². The monoisotopic (exact) mass is 287 g/mol. The predicted octanol–water partition coefficient (Wildman–Crippen LogP) is 2.33. The van der Waals surface area contributed by atoms with Crippen molar-refractivity contribution in [2.75, 3.05) is 0 Å².